The second-order valence-electron chi connectivity index (χ2n) is 13.4. The summed E-state index contributed by atoms with van der Waals surface area (Å²) in [5.74, 6) is 0. The van der Waals surface area contributed by atoms with Crippen molar-refractivity contribution in [2.24, 2.45) is 0 Å². The van der Waals surface area contributed by atoms with Gasteiger partial charge in [-0.3, -0.25) is 0 Å². The van der Waals surface area contributed by atoms with Crippen LogP contribution in [-0.4, -0.2) is 19.5 Å². The highest BCUT2D eigenvalue weighted by Gasteiger charge is 2.12. The van der Waals surface area contributed by atoms with E-state index >= 15 is 0 Å². The molecule has 12 aromatic rings. The molecule has 53 heavy (non-hydrogen) atoms. The summed E-state index contributed by atoms with van der Waals surface area (Å²) in [5.41, 5.74) is 8.49. The van der Waals surface area contributed by atoms with Gasteiger partial charge in [0.1, 0.15) is 0 Å². The molecule has 4 aromatic heterocycles. The van der Waals surface area contributed by atoms with Gasteiger partial charge < -0.3 is 19.5 Å². The molecule has 252 valence electrons. The molecule has 0 spiro atoms. The maximum Gasteiger partial charge on any atom is 0.0541 e. The lowest BCUT2D eigenvalue weighted by Gasteiger charge is -2.09. The van der Waals surface area contributed by atoms with Crippen molar-refractivity contribution in [2.45, 2.75) is 0 Å². The number of hydrogen-bond donors (Lipinski definition) is 3. The van der Waals surface area contributed by atoms with Gasteiger partial charge >= 0.3 is 0 Å². The second-order valence-corrected chi connectivity index (χ2v) is 14.4. The third-order valence-corrected chi connectivity index (χ3v) is 10.7. The molecule has 4 nitrogen and oxygen atoms in total. The molecule has 4 heterocycles. The zero-order valence-corrected chi connectivity index (χ0v) is 30.2. The zero-order valence-electron chi connectivity index (χ0n) is 28.6. The lowest BCUT2D eigenvalue weighted by atomic mass is 10.1. The minimum absolute atomic E-state index is 1.12. The highest BCUT2D eigenvalue weighted by atomic mass is 79.9. The van der Waals surface area contributed by atoms with Gasteiger partial charge in [-0.25, -0.2) is 0 Å². The quantitative estimate of drug-likeness (QED) is 0.150. The molecule has 0 saturated carbocycles. The Hall–Kier alpha value is -6.56. The molecule has 0 atom stereocenters. The molecular weight excluding hydrogens is 712 g/mol. The largest absolute Gasteiger partial charge is 0.361 e. The van der Waals surface area contributed by atoms with Crippen molar-refractivity contribution >= 4 is 103 Å². The topological polar surface area (TPSA) is 52.3 Å². The smallest absolute Gasteiger partial charge is 0.0541 e. The van der Waals surface area contributed by atoms with E-state index in [0.29, 0.717) is 0 Å². The maximum absolute atomic E-state index is 3.48. The number of nitrogens with zero attached hydrogens (tertiary/aromatic N) is 1. The van der Waals surface area contributed by atoms with E-state index in [2.05, 4.69) is 205 Å². The van der Waals surface area contributed by atoms with Crippen LogP contribution in [0.15, 0.2) is 187 Å². The number of aromatic nitrogens is 4. The molecule has 0 bridgehead atoms. The van der Waals surface area contributed by atoms with E-state index in [1.54, 1.807) is 0 Å². The normalized spacial score (nSPS) is 11.5. The molecule has 0 amide bonds. The number of rotatable bonds is 1. The van der Waals surface area contributed by atoms with Crippen LogP contribution in [0.5, 0.6) is 0 Å². The molecule has 0 radical (unpaired) electrons. The van der Waals surface area contributed by atoms with Crippen LogP contribution in [0.1, 0.15) is 0 Å². The van der Waals surface area contributed by atoms with Crippen molar-refractivity contribution in [1.29, 1.82) is 0 Å². The first-order valence-electron chi connectivity index (χ1n) is 17.8. The van der Waals surface area contributed by atoms with Crippen molar-refractivity contribution in [1.82, 2.24) is 19.5 Å². The number of aromatic amines is 3. The minimum Gasteiger partial charge on any atom is -0.361 e. The predicted molar refractivity (Wildman–Crippen MR) is 229 cm³/mol. The lowest BCUT2D eigenvalue weighted by Crippen LogP contribution is -1.93. The highest BCUT2D eigenvalue weighted by Crippen LogP contribution is 2.33. The summed E-state index contributed by atoms with van der Waals surface area (Å²) >= 11 is 3.48. The van der Waals surface area contributed by atoms with E-state index in [1.807, 2.05) is 12.4 Å². The van der Waals surface area contributed by atoms with Gasteiger partial charge in [0.15, 0.2) is 0 Å². The minimum atomic E-state index is 1.12. The summed E-state index contributed by atoms with van der Waals surface area (Å²) in [6.45, 7) is 0. The standard InChI is InChI=1S/C24H16N2.C12H8BrN.C12H9N/c1-3-7-23-20(5-1)21-6-2-4-8-24(21)26(23)19-10-9-16-15-22-17(11-12-25-22)13-18(16)14-19;13-11-2-1-8-7-12-9(3-4-14-12)5-10(8)6-11;1-3-7-11-9(5-1)10-6-2-4-8-12(10)13-11/h1-15,25H;1-7,14H;1-8,13H. The Labute approximate surface area is 313 Å². The molecule has 0 fully saturated rings. The summed E-state index contributed by atoms with van der Waals surface area (Å²) in [4.78, 5) is 9.89. The molecule has 0 aliphatic heterocycles. The first-order valence-corrected chi connectivity index (χ1v) is 18.6. The maximum atomic E-state index is 3.48. The van der Waals surface area contributed by atoms with Gasteiger partial charge in [-0.1, -0.05) is 101 Å². The van der Waals surface area contributed by atoms with E-state index in [4.69, 9.17) is 0 Å². The summed E-state index contributed by atoms with van der Waals surface area (Å²) in [7, 11) is 0. The van der Waals surface area contributed by atoms with E-state index in [-0.39, 0.29) is 0 Å². The third kappa shape index (κ3) is 5.63. The molecule has 0 unspecified atom stereocenters. The van der Waals surface area contributed by atoms with E-state index < -0.39 is 0 Å². The molecule has 5 heteroatoms. The Bertz CT molecular complexity index is 3160. The average Bonchev–Trinajstić information content (AvgIpc) is 4.00. The summed E-state index contributed by atoms with van der Waals surface area (Å²) in [5, 5.41) is 12.8. The molecule has 0 aliphatic rings. The predicted octanol–water partition coefficient (Wildman–Crippen LogP) is 13.8. The third-order valence-electron chi connectivity index (χ3n) is 10.2. The zero-order chi connectivity index (χ0) is 35.3. The number of halogens is 1. The molecule has 0 saturated heterocycles. The summed E-state index contributed by atoms with van der Waals surface area (Å²) in [6.07, 6.45) is 3.97. The van der Waals surface area contributed by atoms with Crippen LogP contribution in [0.2, 0.25) is 0 Å². The Kier molecular flexibility index (Phi) is 7.59. The Balaban J connectivity index is 0.000000109. The van der Waals surface area contributed by atoms with Crippen molar-refractivity contribution in [2.75, 3.05) is 0 Å². The Morgan fingerprint density at radius 2 is 0.849 bits per heavy atom. The van der Waals surface area contributed by atoms with Crippen LogP contribution in [-0.2, 0) is 0 Å². The van der Waals surface area contributed by atoms with Gasteiger partial charge in [0.05, 0.1) is 11.0 Å². The van der Waals surface area contributed by atoms with Crippen LogP contribution in [0.25, 0.3) is 92.6 Å². The molecular formula is C48H33BrN4. The monoisotopic (exact) mass is 744 g/mol. The summed E-state index contributed by atoms with van der Waals surface area (Å²) < 4.78 is 3.49. The van der Waals surface area contributed by atoms with Crippen LogP contribution in [0.3, 0.4) is 0 Å². The highest BCUT2D eigenvalue weighted by molar-refractivity contribution is 9.10. The van der Waals surface area contributed by atoms with Gasteiger partial charge in [-0.2, -0.15) is 0 Å². The van der Waals surface area contributed by atoms with Gasteiger partial charge in [0.2, 0.25) is 0 Å². The van der Waals surface area contributed by atoms with Crippen molar-refractivity contribution in [3.05, 3.63) is 187 Å². The number of para-hydroxylation sites is 4. The Morgan fingerprint density at radius 3 is 1.43 bits per heavy atom. The van der Waals surface area contributed by atoms with Crippen LogP contribution >= 0.6 is 15.9 Å². The first kappa shape index (κ1) is 31.2. The molecule has 12 rings (SSSR count). The Morgan fingerprint density at radius 1 is 0.358 bits per heavy atom. The number of benzene rings is 8. The fourth-order valence-corrected chi connectivity index (χ4v) is 8.07. The van der Waals surface area contributed by atoms with Gasteiger partial charge in [0.25, 0.3) is 0 Å². The molecule has 0 aliphatic carbocycles. The number of H-pyrrole nitrogens is 3. The van der Waals surface area contributed by atoms with Crippen LogP contribution in [0, 0.1) is 0 Å². The lowest BCUT2D eigenvalue weighted by molar-refractivity contribution is 1.19. The molecule has 3 N–H and O–H groups in total. The summed E-state index contributed by atoms with van der Waals surface area (Å²) in [6, 6.07) is 60.2. The van der Waals surface area contributed by atoms with E-state index in [0.717, 1.165) is 4.47 Å². The number of fused-ring (bicyclic) bond motifs is 10. The van der Waals surface area contributed by atoms with Crippen molar-refractivity contribution in [3.63, 3.8) is 0 Å². The average molecular weight is 746 g/mol. The first-order chi connectivity index (χ1) is 26.2. The van der Waals surface area contributed by atoms with E-state index in [1.165, 1.54) is 92.6 Å². The van der Waals surface area contributed by atoms with Gasteiger partial charge in [0, 0.05) is 66.2 Å². The van der Waals surface area contributed by atoms with E-state index in [9.17, 15) is 0 Å². The molecule has 8 aromatic carbocycles. The van der Waals surface area contributed by atoms with Crippen LogP contribution < -0.4 is 0 Å². The van der Waals surface area contributed by atoms with Gasteiger partial charge in [-0.15, -0.1) is 0 Å². The van der Waals surface area contributed by atoms with Crippen molar-refractivity contribution < 1.29 is 0 Å². The fourth-order valence-electron chi connectivity index (χ4n) is 7.70. The van der Waals surface area contributed by atoms with Crippen molar-refractivity contribution in [3.8, 4) is 5.69 Å². The number of hydrogen-bond acceptors (Lipinski definition) is 0. The fraction of sp³-hybridized carbons (Fsp3) is 0. The van der Waals surface area contributed by atoms with Gasteiger partial charge in [-0.05, 0) is 117 Å². The number of nitrogens with one attached hydrogen (secondary N) is 3. The van der Waals surface area contributed by atoms with Crippen LogP contribution in [0.4, 0.5) is 0 Å². The second kappa shape index (κ2) is 12.9. The SMILES string of the molecule is Brc1ccc2cc3[nH]ccc3cc2c1.c1ccc2c(c1)[nH]c1ccccc12.c1ccc2c(c1)c1ccccc1n2-c1ccc2cc3[nH]ccc3cc2c1.